The summed E-state index contributed by atoms with van der Waals surface area (Å²) in [5.41, 5.74) is 0.730. The second kappa shape index (κ2) is 6.01. The fourth-order valence-electron chi connectivity index (χ4n) is 1.77. The highest BCUT2D eigenvalue weighted by Crippen LogP contribution is 2.29. The molecule has 0 spiro atoms. The number of ether oxygens (including phenoxy) is 2. The van der Waals surface area contributed by atoms with Crippen molar-refractivity contribution in [3.05, 3.63) is 42.1 Å². The summed E-state index contributed by atoms with van der Waals surface area (Å²) in [4.78, 5) is 4.05. The van der Waals surface area contributed by atoms with Gasteiger partial charge in [0.05, 0.1) is 14.2 Å². The van der Waals surface area contributed by atoms with Crippen molar-refractivity contribution in [2.45, 2.75) is 11.8 Å². The zero-order chi connectivity index (χ0) is 15.5. The number of rotatable bonds is 5. The molecule has 0 fully saturated rings. The minimum Gasteiger partial charge on any atom is -0.497 e. The maximum Gasteiger partial charge on any atom is 0.266 e. The lowest BCUT2D eigenvalue weighted by Gasteiger charge is -2.13. The molecular formula is C14H16N2O4S. The number of benzene rings is 1. The van der Waals surface area contributed by atoms with E-state index < -0.39 is 10.0 Å². The molecular weight excluding hydrogens is 292 g/mol. The number of nitrogens with zero attached hydrogens (tertiary/aromatic N) is 1. The summed E-state index contributed by atoms with van der Waals surface area (Å²) in [5.74, 6) is 1.01. The summed E-state index contributed by atoms with van der Waals surface area (Å²) >= 11 is 0. The van der Waals surface area contributed by atoms with Crippen LogP contribution in [-0.4, -0.2) is 27.6 Å². The molecule has 2 rings (SSSR count). The Morgan fingerprint density at radius 2 is 1.90 bits per heavy atom. The van der Waals surface area contributed by atoms with Crippen LogP contribution in [0.5, 0.6) is 11.5 Å². The topological polar surface area (TPSA) is 77.5 Å². The molecule has 1 aromatic heterocycles. The SMILES string of the molecule is COc1ccc(S(=O)(=O)Nc2ncccc2C)c(OC)c1. The number of nitrogens with one attached hydrogen (secondary N) is 1. The molecule has 2 aromatic rings. The lowest BCUT2D eigenvalue weighted by atomic mass is 10.3. The van der Waals surface area contributed by atoms with Crippen LogP contribution < -0.4 is 14.2 Å². The van der Waals surface area contributed by atoms with Gasteiger partial charge in [0.1, 0.15) is 22.2 Å². The molecule has 7 heteroatoms. The van der Waals surface area contributed by atoms with Gasteiger partial charge in [-0.3, -0.25) is 4.72 Å². The smallest absolute Gasteiger partial charge is 0.266 e. The predicted octanol–water partition coefficient (Wildman–Crippen LogP) is 2.21. The van der Waals surface area contributed by atoms with E-state index in [0.717, 1.165) is 5.56 Å². The second-order valence-electron chi connectivity index (χ2n) is 4.29. The molecule has 0 saturated carbocycles. The third-order valence-electron chi connectivity index (χ3n) is 2.90. The highest BCUT2D eigenvalue weighted by Gasteiger charge is 2.21. The maximum atomic E-state index is 12.5. The Morgan fingerprint density at radius 1 is 1.14 bits per heavy atom. The monoisotopic (exact) mass is 308 g/mol. The standard InChI is InChI=1S/C14H16N2O4S/c1-10-5-4-8-15-14(10)16-21(17,18)13-7-6-11(19-2)9-12(13)20-3/h4-9H,1-3H3,(H,15,16). The van der Waals surface area contributed by atoms with Gasteiger partial charge in [0.15, 0.2) is 0 Å². The van der Waals surface area contributed by atoms with Crippen molar-refractivity contribution in [3.63, 3.8) is 0 Å². The van der Waals surface area contributed by atoms with Gasteiger partial charge in [-0.2, -0.15) is 0 Å². The summed E-state index contributed by atoms with van der Waals surface area (Å²) in [5, 5.41) is 0. The Hall–Kier alpha value is -2.28. The predicted molar refractivity (Wildman–Crippen MR) is 79.3 cm³/mol. The van der Waals surface area contributed by atoms with E-state index in [-0.39, 0.29) is 16.5 Å². The van der Waals surface area contributed by atoms with E-state index in [2.05, 4.69) is 9.71 Å². The summed E-state index contributed by atoms with van der Waals surface area (Å²) in [6, 6.07) is 8.01. The summed E-state index contributed by atoms with van der Waals surface area (Å²) in [6.07, 6.45) is 1.52. The van der Waals surface area contributed by atoms with E-state index in [0.29, 0.717) is 5.75 Å². The lowest BCUT2D eigenvalue weighted by molar-refractivity contribution is 0.386. The van der Waals surface area contributed by atoms with E-state index in [1.165, 1.54) is 32.5 Å². The fourth-order valence-corrected chi connectivity index (χ4v) is 3.00. The third-order valence-corrected chi connectivity index (χ3v) is 4.28. The molecule has 1 N–H and O–H groups in total. The van der Waals surface area contributed by atoms with Gasteiger partial charge >= 0.3 is 0 Å². The number of hydrogen-bond donors (Lipinski definition) is 1. The third kappa shape index (κ3) is 3.25. The van der Waals surface area contributed by atoms with Crippen LogP contribution in [-0.2, 0) is 10.0 Å². The van der Waals surface area contributed by atoms with Crippen LogP contribution in [0.1, 0.15) is 5.56 Å². The molecule has 0 aliphatic carbocycles. The molecule has 0 unspecified atom stereocenters. The first-order chi connectivity index (χ1) is 9.97. The Balaban J connectivity index is 2.42. The van der Waals surface area contributed by atoms with Gasteiger partial charge < -0.3 is 9.47 Å². The Bertz CT molecular complexity index is 744. The van der Waals surface area contributed by atoms with Gasteiger partial charge in [-0.15, -0.1) is 0 Å². The average Bonchev–Trinajstić information content (AvgIpc) is 2.48. The number of hydrogen-bond acceptors (Lipinski definition) is 5. The highest BCUT2D eigenvalue weighted by molar-refractivity contribution is 7.92. The molecule has 0 radical (unpaired) electrons. The molecule has 0 atom stereocenters. The second-order valence-corrected chi connectivity index (χ2v) is 5.94. The van der Waals surface area contributed by atoms with E-state index in [1.807, 2.05) is 0 Å². The van der Waals surface area contributed by atoms with Crippen LogP contribution in [0, 0.1) is 6.92 Å². The summed E-state index contributed by atoms with van der Waals surface area (Å²) < 4.78 is 37.6. The summed E-state index contributed by atoms with van der Waals surface area (Å²) in [7, 11) is -0.896. The number of methoxy groups -OCH3 is 2. The zero-order valence-electron chi connectivity index (χ0n) is 12.0. The van der Waals surface area contributed by atoms with Gasteiger partial charge in [-0.25, -0.2) is 13.4 Å². The van der Waals surface area contributed by atoms with E-state index >= 15 is 0 Å². The quantitative estimate of drug-likeness (QED) is 0.916. The van der Waals surface area contributed by atoms with Crippen LogP contribution in [0.4, 0.5) is 5.82 Å². The summed E-state index contributed by atoms with van der Waals surface area (Å²) in [6.45, 7) is 1.77. The van der Waals surface area contributed by atoms with Crippen LogP contribution in [0.2, 0.25) is 0 Å². The normalized spacial score (nSPS) is 11.0. The van der Waals surface area contributed by atoms with Gasteiger partial charge in [-0.1, -0.05) is 6.07 Å². The Labute approximate surface area is 123 Å². The first-order valence-corrected chi connectivity index (χ1v) is 7.62. The number of anilines is 1. The van der Waals surface area contributed by atoms with Gasteiger partial charge in [-0.05, 0) is 30.7 Å². The lowest BCUT2D eigenvalue weighted by Crippen LogP contribution is -2.15. The van der Waals surface area contributed by atoms with Crippen molar-refractivity contribution in [2.75, 3.05) is 18.9 Å². The van der Waals surface area contributed by atoms with E-state index in [4.69, 9.17) is 9.47 Å². The van der Waals surface area contributed by atoms with Crippen LogP contribution >= 0.6 is 0 Å². The molecule has 0 saturated heterocycles. The van der Waals surface area contributed by atoms with E-state index in [9.17, 15) is 8.42 Å². The van der Waals surface area contributed by atoms with Gasteiger partial charge in [0.2, 0.25) is 0 Å². The van der Waals surface area contributed by atoms with Gasteiger partial charge in [0, 0.05) is 12.3 Å². The van der Waals surface area contributed by atoms with Crippen LogP contribution in [0.15, 0.2) is 41.4 Å². The molecule has 112 valence electrons. The van der Waals surface area contributed by atoms with Crippen molar-refractivity contribution in [1.82, 2.24) is 4.98 Å². The van der Waals surface area contributed by atoms with Crippen LogP contribution in [0.3, 0.4) is 0 Å². The van der Waals surface area contributed by atoms with E-state index in [1.54, 1.807) is 25.1 Å². The number of pyridine rings is 1. The molecule has 0 aliphatic heterocycles. The Morgan fingerprint density at radius 3 is 2.52 bits per heavy atom. The molecule has 1 heterocycles. The van der Waals surface area contributed by atoms with Crippen molar-refractivity contribution in [3.8, 4) is 11.5 Å². The number of aryl methyl sites for hydroxylation is 1. The first kappa shape index (κ1) is 15.1. The minimum absolute atomic E-state index is 0.0239. The molecule has 1 aromatic carbocycles. The zero-order valence-corrected chi connectivity index (χ0v) is 12.8. The van der Waals surface area contributed by atoms with Crippen molar-refractivity contribution >= 4 is 15.8 Å². The molecule has 21 heavy (non-hydrogen) atoms. The molecule has 0 aliphatic rings. The Kier molecular flexibility index (Phi) is 4.32. The number of sulfonamides is 1. The maximum absolute atomic E-state index is 12.5. The van der Waals surface area contributed by atoms with Gasteiger partial charge in [0.25, 0.3) is 10.0 Å². The van der Waals surface area contributed by atoms with Crippen molar-refractivity contribution in [2.24, 2.45) is 0 Å². The van der Waals surface area contributed by atoms with Crippen LogP contribution in [0.25, 0.3) is 0 Å². The minimum atomic E-state index is -3.80. The van der Waals surface area contributed by atoms with Crippen molar-refractivity contribution in [1.29, 1.82) is 0 Å². The number of aromatic nitrogens is 1. The fraction of sp³-hybridized carbons (Fsp3) is 0.214. The van der Waals surface area contributed by atoms with Crippen molar-refractivity contribution < 1.29 is 17.9 Å². The molecule has 0 amide bonds. The molecule has 6 nitrogen and oxygen atoms in total. The highest BCUT2D eigenvalue weighted by atomic mass is 32.2. The first-order valence-electron chi connectivity index (χ1n) is 6.14. The molecule has 0 bridgehead atoms. The largest absolute Gasteiger partial charge is 0.497 e. The average molecular weight is 308 g/mol.